The van der Waals surface area contributed by atoms with Crippen molar-refractivity contribution in [1.82, 2.24) is 0 Å². The Bertz CT molecular complexity index is 1090. The van der Waals surface area contributed by atoms with Crippen LogP contribution in [0.4, 0.5) is 0 Å². The van der Waals surface area contributed by atoms with Crippen LogP contribution < -0.4 is 0 Å². The predicted molar refractivity (Wildman–Crippen MR) is 200 cm³/mol. The fraction of sp³-hybridized carbons (Fsp3) is 0.881. The molecule has 0 aliphatic carbocycles. The molecule has 0 rings (SSSR count). The van der Waals surface area contributed by atoms with Crippen LogP contribution in [0, 0.1) is 49.2 Å². The van der Waals surface area contributed by atoms with E-state index >= 15 is 0 Å². The number of ether oxygens (including phenoxy) is 3. The van der Waals surface area contributed by atoms with Crippen molar-refractivity contribution in [3.05, 3.63) is 12.2 Å². The Balaban J connectivity index is 6.23. The maximum Gasteiger partial charge on any atom is 0.312 e. The van der Waals surface area contributed by atoms with Gasteiger partial charge in [0, 0.05) is 0 Å². The molecule has 48 heavy (non-hydrogen) atoms. The van der Waals surface area contributed by atoms with Crippen molar-refractivity contribution in [1.29, 1.82) is 0 Å². The van der Waals surface area contributed by atoms with Gasteiger partial charge in [0.2, 0.25) is 0 Å². The van der Waals surface area contributed by atoms with Crippen molar-refractivity contribution in [2.75, 3.05) is 13.2 Å². The number of carbonyl (C=O) groups is 3. The van der Waals surface area contributed by atoms with Crippen LogP contribution in [-0.4, -0.2) is 37.2 Å². The van der Waals surface area contributed by atoms with Gasteiger partial charge in [-0.3, -0.25) is 14.4 Å². The van der Waals surface area contributed by atoms with Crippen LogP contribution in [0.2, 0.25) is 0 Å². The normalized spacial score (nSPS) is 16.7. The summed E-state index contributed by atoms with van der Waals surface area (Å²) in [4.78, 5) is 40.8. The Morgan fingerprint density at radius 1 is 0.521 bits per heavy atom. The molecule has 282 valence electrons. The van der Waals surface area contributed by atoms with Gasteiger partial charge in [0.15, 0.2) is 6.10 Å². The average Bonchev–Trinajstić information content (AvgIpc) is 2.83. The van der Waals surface area contributed by atoms with Gasteiger partial charge in [-0.1, -0.05) is 122 Å². The summed E-state index contributed by atoms with van der Waals surface area (Å²) in [5, 5.41) is 0. The maximum absolute atomic E-state index is 14.1. The van der Waals surface area contributed by atoms with E-state index in [0.717, 1.165) is 12.8 Å². The molecular weight excluding hydrogens is 600 g/mol. The van der Waals surface area contributed by atoms with Gasteiger partial charge >= 0.3 is 17.9 Å². The Morgan fingerprint density at radius 2 is 0.875 bits per heavy atom. The molecule has 0 aliphatic rings. The molecule has 0 aromatic heterocycles. The van der Waals surface area contributed by atoms with Gasteiger partial charge < -0.3 is 14.2 Å². The number of hydrogen-bond acceptors (Lipinski definition) is 6. The highest BCUT2D eigenvalue weighted by Gasteiger charge is 2.44. The molecule has 0 saturated heterocycles. The van der Waals surface area contributed by atoms with Crippen LogP contribution >= 0.6 is 0 Å². The van der Waals surface area contributed by atoms with E-state index in [1.54, 1.807) is 0 Å². The van der Waals surface area contributed by atoms with Gasteiger partial charge in [-0.2, -0.15) is 0 Å². The lowest BCUT2D eigenvalue weighted by Crippen LogP contribution is -2.43. The third-order valence-corrected chi connectivity index (χ3v) is 9.08. The fourth-order valence-corrected chi connectivity index (χ4v) is 7.70. The lowest BCUT2D eigenvalue weighted by atomic mass is 9.66. The first-order chi connectivity index (χ1) is 21.1. The van der Waals surface area contributed by atoms with E-state index in [1.165, 1.54) is 0 Å². The Kier molecular flexibility index (Phi) is 15.8. The first-order valence-corrected chi connectivity index (χ1v) is 18.3. The number of carbonyl (C=O) groups excluding carboxylic acids is 3. The van der Waals surface area contributed by atoms with E-state index in [0.29, 0.717) is 19.3 Å². The van der Waals surface area contributed by atoms with Crippen LogP contribution in [0.25, 0.3) is 0 Å². The van der Waals surface area contributed by atoms with E-state index in [1.807, 2.05) is 34.6 Å². The molecule has 0 amide bonds. The summed E-state index contributed by atoms with van der Waals surface area (Å²) in [6, 6.07) is 0. The molecule has 0 aromatic carbocycles. The smallest absolute Gasteiger partial charge is 0.312 e. The zero-order chi connectivity index (χ0) is 38.4. The van der Waals surface area contributed by atoms with Crippen LogP contribution in [0.1, 0.15) is 171 Å². The molecule has 0 radical (unpaired) electrons. The second-order valence-electron chi connectivity index (χ2n) is 21.4. The Hall–Kier alpha value is -1.85. The molecule has 0 N–H and O–H groups in total. The molecule has 0 aromatic rings. The minimum absolute atomic E-state index is 0.0134. The van der Waals surface area contributed by atoms with Crippen molar-refractivity contribution in [2.24, 2.45) is 49.2 Å². The Labute approximate surface area is 297 Å². The molecule has 0 heterocycles. The summed E-state index contributed by atoms with van der Waals surface area (Å²) in [7, 11) is 0. The van der Waals surface area contributed by atoms with Crippen molar-refractivity contribution in [3.8, 4) is 0 Å². The number of esters is 3. The highest BCUT2D eigenvalue weighted by atomic mass is 16.6. The molecule has 0 spiro atoms. The monoisotopic (exact) mass is 679 g/mol. The van der Waals surface area contributed by atoms with Gasteiger partial charge in [-0.15, -0.1) is 0 Å². The molecule has 3 atom stereocenters. The first kappa shape index (κ1) is 46.1. The molecule has 6 heteroatoms. The number of hydrogen-bond donors (Lipinski definition) is 0. The molecule has 0 saturated carbocycles. The SMILES string of the molecule is CCC(C)C(C)(CC(C)(C)C=CC(C)(C)CC(C)(C)C)C(=O)OCC(COC(=O)C(C)(C)CC(C)(C)C)OC(=O)C(C)(C)CC(C)(C)C. The molecule has 0 aliphatic heterocycles. The molecule has 6 nitrogen and oxygen atoms in total. The second kappa shape index (κ2) is 16.4. The van der Waals surface area contributed by atoms with Crippen LogP contribution in [0.15, 0.2) is 12.2 Å². The van der Waals surface area contributed by atoms with Crippen LogP contribution in [0.5, 0.6) is 0 Å². The van der Waals surface area contributed by atoms with Crippen LogP contribution in [0.3, 0.4) is 0 Å². The minimum Gasteiger partial charge on any atom is -0.461 e. The largest absolute Gasteiger partial charge is 0.461 e. The van der Waals surface area contributed by atoms with Crippen molar-refractivity contribution in [2.45, 2.75) is 177 Å². The van der Waals surface area contributed by atoms with E-state index < -0.39 is 28.3 Å². The Morgan fingerprint density at radius 3 is 1.25 bits per heavy atom. The molecule has 0 bridgehead atoms. The quantitative estimate of drug-likeness (QED) is 0.0865. The fourth-order valence-electron chi connectivity index (χ4n) is 7.70. The topological polar surface area (TPSA) is 78.9 Å². The summed E-state index contributed by atoms with van der Waals surface area (Å²) < 4.78 is 17.8. The van der Waals surface area contributed by atoms with Crippen molar-refractivity contribution in [3.63, 3.8) is 0 Å². The summed E-state index contributed by atoms with van der Waals surface area (Å²) in [5.74, 6) is -1.06. The van der Waals surface area contributed by atoms with E-state index in [9.17, 15) is 14.4 Å². The lowest BCUT2D eigenvalue weighted by Gasteiger charge is -2.39. The zero-order valence-corrected chi connectivity index (χ0v) is 35.2. The second-order valence-corrected chi connectivity index (χ2v) is 21.4. The highest BCUT2D eigenvalue weighted by molar-refractivity contribution is 5.78. The van der Waals surface area contributed by atoms with Gasteiger partial charge in [0.05, 0.1) is 16.2 Å². The van der Waals surface area contributed by atoms with E-state index in [-0.39, 0.29) is 58.1 Å². The summed E-state index contributed by atoms with van der Waals surface area (Å²) in [5.41, 5.74) is -2.54. The van der Waals surface area contributed by atoms with E-state index in [4.69, 9.17) is 14.2 Å². The summed E-state index contributed by atoms with van der Waals surface area (Å²) in [6.45, 7) is 41.4. The van der Waals surface area contributed by atoms with Crippen LogP contribution in [-0.2, 0) is 28.6 Å². The van der Waals surface area contributed by atoms with Gasteiger partial charge in [0.25, 0.3) is 0 Å². The van der Waals surface area contributed by atoms with Gasteiger partial charge in [-0.25, -0.2) is 0 Å². The minimum atomic E-state index is -0.928. The van der Waals surface area contributed by atoms with Gasteiger partial charge in [0.1, 0.15) is 13.2 Å². The molecule has 0 fully saturated rings. The standard InChI is InChI=1S/C42H78O6/c1-21-30(2)42(20,29-39(14,15)23-22-38(12,13)26-35(3,4)5)34(45)47-25-31(48-33(44)41(18,19)28-37(9,10)11)24-46-32(43)40(16,17)27-36(6,7)8/h22-23,30-31H,21,24-29H2,1-20H3. The average molecular weight is 679 g/mol. The zero-order valence-electron chi connectivity index (χ0n) is 35.2. The van der Waals surface area contributed by atoms with Crippen molar-refractivity contribution >= 4 is 17.9 Å². The first-order valence-electron chi connectivity index (χ1n) is 18.3. The number of allylic oxidation sites excluding steroid dienone is 2. The third-order valence-electron chi connectivity index (χ3n) is 9.08. The summed E-state index contributed by atoms with van der Waals surface area (Å²) >= 11 is 0. The molecular formula is C42H78O6. The number of rotatable bonds is 17. The third kappa shape index (κ3) is 17.2. The summed E-state index contributed by atoms with van der Waals surface area (Å²) in [6.07, 6.45) is 7.30. The van der Waals surface area contributed by atoms with Crippen molar-refractivity contribution < 1.29 is 28.6 Å². The molecule has 3 unspecified atom stereocenters. The maximum atomic E-state index is 14.1. The predicted octanol–water partition coefficient (Wildman–Crippen LogP) is 11.4. The highest BCUT2D eigenvalue weighted by Crippen LogP contribution is 2.44. The lowest BCUT2D eigenvalue weighted by molar-refractivity contribution is -0.181. The van der Waals surface area contributed by atoms with Gasteiger partial charge in [-0.05, 0) is 93.3 Å². The van der Waals surface area contributed by atoms with E-state index in [2.05, 4.69) is 116 Å².